The van der Waals surface area contributed by atoms with Crippen molar-refractivity contribution in [3.05, 3.63) is 18.2 Å². The van der Waals surface area contributed by atoms with E-state index in [9.17, 15) is 14.4 Å². The SMILES string of the molecule is COc1ccc(N2CC(C(=O)NC(C)C(=O)NCC3CCCO3)CC2=O)cc1OC. The molecule has 1 aromatic rings. The van der Waals surface area contributed by atoms with Gasteiger partial charge in [-0.25, -0.2) is 0 Å². The third kappa shape index (κ3) is 5.02. The molecule has 0 aromatic heterocycles. The molecule has 3 amide bonds. The Hall–Kier alpha value is -2.81. The van der Waals surface area contributed by atoms with Gasteiger partial charge in [0, 0.05) is 37.9 Å². The highest BCUT2D eigenvalue weighted by Gasteiger charge is 2.36. The molecule has 0 bridgehead atoms. The lowest BCUT2D eigenvalue weighted by molar-refractivity contribution is -0.131. The lowest BCUT2D eigenvalue weighted by Crippen LogP contribution is -2.48. The fourth-order valence-corrected chi connectivity index (χ4v) is 3.70. The number of carbonyl (C=O) groups excluding carboxylic acids is 3. The third-order valence-corrected chi connectivity index (χ3v) is 5.45. The Kier molecular flexibility index (Phi) is 7.15. The van der Waals surface area contributed by atoms with Crippen molar-refractivity contribution in [3.63, 3.8) is 0 Å². The molecule has 3 unspecified atom stereocenters. The Labute approximate surface area is 176 Å². The molecule has 2 saturated heterocycles. The second-order valence-electron chi connectivity index (χ2n) is 7.56. The van der Waals surface area contributed by atoms with Crippen LogP contribution in [0.2, 0.25) is 0 Å². The average Bonchev–Trinajstić information content (AvgIpc) is 3.41. The molecule has 2 fully saturated rings. The number of nitrogens with one attached hydrogen (secondary N) is 2. The molecular weight excluding hydrogens is 390 g/mol. The zero-order chi connectivity index (χ0) is 21.7. The van der Waals surface area contributed by atoms with Crippen molar-refractivity contribution >= 4 is 23.4 Å². The molecule has 2 aliphatic heterocycles. The summed E-state index contributed by atoms with van der Waals surface area (Å²) in [6.07, 6.45) is 2.06. The van der Waals surface area contributed by atoms with Crippen LogP contribution in [0, 0.1) is 5.92 Å². The number of carbonyl (C=O) groups is 3. The molecule has 9 nitrogen and oxygen atoms in total. The minimum absolute atomic E-state index is 0.0411. The molecule has 164 valence electrons. The van der Waals surface area contributed by atoms with Crippen molar-refractivity contribution < 1.29 is 28.6 Å². The van der Waals surface area contributed by atoms with Crippen LogP contribution >= 0.6 is 0 Å². The second-order valence-corrected chi connectivity index (χ2v) is 7.56. The number of amides is 3. The van der Waals surface area contributed by atoms with E-state index in [1.54, 1.807) is 30.0 Å². The Balaban J connectivity index is 1.54. The van der Waals surface area contributed by atoms with E-state index < -0.39 is 12.0 Å². The maximum absolute atomic E-state index is 12.6. The molecule has 2 heterocycles. The number of anilines is 1. The van der Waals surface area contributed by atoms with Crippen LogP contribution in [0.4, 0.5) is 5.69 Å². The van der Waals surface area contributed by atoms with Crippen LogP contribution in [0.1, 0.15) is 26.2 Å². The van der Waals surface area contributed by atoms with Gasteiger partial charge in [-0.15, -0.1) is 0 Å². The first-order valence-corrected chi connectivity index (χ1v) is 10.1. The summed E-state index contributed by atoms with van der Waals surface area (Å²) in [6.45, 7) is 3.03. The van der Waals surface area contributed by atoms with Gasteiger partial charge in [-0.2, -0.15) is 0 Å². The highest BCUT2D eigenvalue weighted by molar-refractivity contribution is 6.01. The molecule has 0 spiro atoms. The topological polar surface area (TPSA) is 106 Å². The zero-order valence-electron chi connectivity index (χ0n) is 17.6. The average molecular weight is 419 g/mol. The van der Waals surface area contributed by atoms with Gasteiger partial charge in [0.05, 0.1) is 26.2 Å². The predicted octanol–water partition coefficient (Wildman–Crippen LogP) is 0.857. The van der Waals surface area contributed by atoms with Crippen LogP contribution < -0.4 is 25.0 Å². The normalized spacial score (nSPS) is 22.0. The molecule has 9 heteroatoms. The number of benzene rings is 1. The molecule has 0 saturated carbocycles. The fourth-order valence-electron chi connectivity index (χ4n) is 3.70. The Morgan fingerprint density at radius 1 is 1.27 bits per heavy atom. The molecule has 3 rings (SSSR count). The number of nitrogens with zero attached hydrogens (tertiary/aromatic N) is 1. The summed E-state index contributed by atoms with van der Waals surface area (Å²) in [6, 6.07) is 4.48. The van der Waals surface area contributed by atoms with Crippen molar-refractivity contribution in [2.24, 2.45) is 5.92 Å². The highest BCUT2D eigenvalue weighted by Crippen LogP contribution is 2.34. The quantitative estimate of drug-likeness (QED) is 0.647. The molecule has 2 aliphatic rings. The van der Waals surface area contributed by atoms with E-state index in [0.717, 1.165) is 19.4 Å². The molecule has 30 heavy (non-hydrogen) atoms. The summed E-state index contributed by atoms with van der Waals surface area (Å²) in [7, 11) is 3.06. The lowest BCUT2D eigenvalue weighted by atomic mass is 10.1. The van der Waals surface area contributed by atoms with Crippen molar-refractivity contribution in [2.75, 3.05) is 38.8 Å². The highest BCUT2D eigenvalue weighted by atomic mass is 16.5. The van der Waals surface area contributed by atoms with Crippen molar-refractivity contribution in [1.29, 1.82) is 0 Å². The van der Waals surface area contributed by atoms with E-state index in [-0.39, 0.29) is 36.8 Å². The Morgan fingerprint density at radius 2 is 2.03 bits per heavy atom. The van der Waals surface area contributed by atoms with Crippen LogP contribution in [0.3, 0.4) is 0 Å². The lowest BCUT2D eigenvalue weighted by Gasteiger charge is -2.20. The van der Waals surface area contributed by atoms with Gasteiger partial charge in [-0.3, -0.25) is 14.4 Å². The zero-order valence-corrected chi connectivity index (χ0v) is 17.6. The summed E-state index contributed by atoms with van der Waals surface area (Å²) < 4.78 is 16.0. The van der Waals surface area contributed by atoms with Crippen molar-refractivity contribution in [3.8, 4) is 11.5 Å². The van der Waals surface area contributed by atoms with E-state index in [4.69, 9.17) is 14.2 Å². The van der Waals surface area contributed by atoms with Crippen LogP contribution in [-0.2, 0) is 19.1 Å². The van der Waals surface area contributed by atoms with E-state index in [2.05, 4.69) is 10.6 Å². The second kappa shape index (κ2) is 9.80. The number of ether oxygens (including phenoxy) is 3. The largest absolute Gasteiger partial charge is 0.493 e. The van der Waals surface area contributed by atoms with Crippen molar-refractivity contribution in [2.45, 2.75) is 38.3 Å². The van der Waals surface area contributed by atoms with E-state index in [0.29, 0.717) is 23.7 Å². The van der Waals surface area contributed by atoms with Crippen LogP contribution in [0.25, 0.3) is 0 Å². The summed E-state index contributed by atoms with van der Waals surface area (Å²) in [5.41, 5.74) is 0.635. The molecule has 0 radical (unpaired) electrons. The van der Waals surface area contributed by atoms with Crippen LogP contribution in [-0.4, -0.2) is 63.8 Å². The summed E-state index contributed by atoms with van der Waals surface area (Å²) >= 11 is 0. The van der Waals surface area contributed by atoms with E-state index in [1.165, 1.54) is 14.2 Å². The summed E-state index contributed by atoms with van der Waals surface area (Å²) in [4.78, 5) is 38.9. The van der Waals surface area contributed by atoms with Gasteiger partial charge in [0.25, 0.3) is 0 Å². The summed E-state index contributed by atoms with van der Waals surface area (Å²) in [5.74, 6) is -0.194. The molecular formula is C21H29N3O6. The van der Waals surface area contributed by atoms with Gasteiger partial charge in [0.15, 0.2) is 11.5 Å². The van der Waals surface area contributed by atoms with Crippen molar-refractivity contribution in [1.82, 2.24) is 10.6 Å². The number of hydrogen-bond acceptors (Lipinski definition) is 6. The minimum atomic E-state index is -0.691. The van der Waals surface area contributed by atoms with Gasteiger partial charge >= 0.3 is 0 Å². The van der Waals surface area contributed by atoms with E-state index in [1.807, 2.05) is 0 Å². The third-order valence-electron chi connectivity index (χ3n) is 5.45. The summed E-state index contributed by atoms with van der Waals surface area (Å²) in [5, 5.41) is 5.52. The molecule has 0 aliphatic carbocycles. The van der Waals surface area contributed by atoms with Gasteiger partial charge in [0.1, 0.15) is 6.04 Å². The predicted molar refractivity (Wildman–Crippen MR) is 110 cm³/mol. The van der Waals surface area contributed by atoms with Gasteiger partial charge in [0.2, 0.25) is 17.7 Å². The first-order valence-electron chi connectivity index (χ1n) is 10.1. The Bertz CT molecular complexity index is 793. The Morgan fingerprint density at radius 3 is 2.70 bits per heavy atom. The first-order chi connectivity index (χ1) is 14.4. The standard InChI is InChI=1S/C21H29N3O6/c1-13(20(26)22-11-16-5-4-8-30-16)23-21(27)14-9-19(25)24(12-14)15-6-7-17(28-2)18(10-15)29-3/h6-7,10,13-14,16H,4-5,8-9,11-12H2,1-3H3,(H,22,26)(H,23,27). The first kappa shape index (κ1) is 21.9. The minimum Gasteiger partial charge on any atom is -0.493 e. The van der Waals surface area contributed by atoms with Crippen LogP contribution in [0.15, 0.2) is 18.2 Å². The fraction of sp³-hybridized carbons (Fsp3) is 0.571. The molecule has 2 N–H and O–H groups in total. The smallest absolute Gasteiger partial charge is 0.242 e. The monoisotopic (exact) mass is 419 g/mol. The van der Waals surface area contributed by atoms with Gasteiger partial charge < -0.3 is 29.7 Å². The molecule has 3 atom stereocenters. The maximum Gasteiger partial charge on any atom is 0.242 e. The number of hydrogen-bond donors (Lipinski definition) is 2. The van der Waals surface area contributed by atoms with Gasteiger partial charge in [-0.1, -0.05) is 0 Å². The number of rotatable bonds is 8. The molecule has 1 aromatic carbocycles. The maximum atomic E-state index is 12.6. The van der Waals surface area contributed by atoms with Gasteiger partial charge in [-0.05, 0) is 31.9 Å². The number of methoxy groups -OCH3 is 2. The van der Waals surface area contributed by atoms with E-state index >= 15 is 0 Å². The van der Waals surface area contributed by atoms with Crippen LogP contribution in [0.5, 0.6) is 11.5 Å².